The molecule has 1 atom stereocenters. The molecular weight excluding hydrogens is 240 g/mol. The van der Waals surface area contributed by atoms with Crippen LogP contribution in [0.15, 0.2) is 24.3 Å². The molecule has 1 heterocycles. The molecule has 104 valence electrons. The van der Waals surface area contributed by atoms with Gasteiger partial charge in [-0.2, -0.15) is 0 Å². The standard InChI is InChI=1S/C14H22N4O/c1-17-9-3-4-13(17)10-18(2)14(19)16-12-7-5-11(15)6-8-12/h5-8,13H,3-4,9-10,15H2,1-2H3,(H,16,19). The van der Waals surface area contributed by atoms with Crippen molar-refractivity contribution < 1.29 is 4.79 Å². The van der Waals surface area contributed by atoms with Crippen LogP contribution < -0.4 is 11.1 Å². The number of urea groups is 1. The number of likely N-dealkylation sites (N-methyl/N-ethyl adjacent to an activating group) is 2. The number of benzene rings is 1. The number of nitrogens with zero attached hydrogens (tertiary/aromatic N) is 2. The number of nitrogen functional groups attached to an aromatic ring is 1. The number of likely N-dealkylation sites (tertiary alicyclic amines) is 1. The van der Waals surface area contributed by atoms with E-state index in [-0.39, 0.29) is 6.03 Å². The van der Waals surface area contributed by atoms with Crippen LogP contribution in [-0.4, -0.2) is 49.1 Å². The molecule has 1 unspecified atom stereocenters. The first-order valence-electron chi connectivity index (χ1n) is 6.64. The molecule has 3 N–H and O–H groups in total. The molecule has 1 aromatic carbocycles. The van der Waals surface area contributed by atoms with Crippen LogP contribution >= 0.6 is 0 Å². The minimum absolute atomic E-state index is 0.0786. The zero-order chi connectivity index (χ0) is 13.8. The van der Waals surface area contributed by atoms with Gasteiger partial charge in [0.25, 0.3) is 0 Å². The van der Waals surface area contributed by atoms with Crippen molar-refractivity contribution in [1.82, 2.24) is 9.80 Å². The smallest absolute Gasteiger partial charge is 0.321 e. The Kier molecular flexibility index (Phi) is 4.27. The van der Waals surface area contributed by atoms with Crippen molar-refractivity contribution in [2.45, 2.75) is 18.9 Å². The maximum atomic E-state index is 12.1. The van der Waals surface area contributed by atoms with E-state index in [2.05, 4.69) is 17.3 Å². The van der Waals surface area contributed by atoms with E-state index in [0.29, 0.717) is 11.7 Å². The van der Waals surface area contributed by atoms with Gasteiger partial charge in [-0.05, 0) is 50.7 Å². The summed E-state index contributed by atoms with van der Waals surface area (Å²) >= 11 is 0. The van der Waals surface area contributed by atoms with Crippen molar-refractivity contribution in [2.75, 3.05) is 38.2 Å². The molecular formula is C14H22N4O. The maximum Gasteiger partial charge on any atom is 0.321 e. The summed E-state index contributed by atoms with van der Waals surface area (Å²) in [6.07, 6.45) is 2.38. The van der Waals surface area contributed by atoms with Crippen LogP contribution in [0.2, 0.25) is 0 Å². The molecule has 0 bridgehead atoms. The van der Waals surface area contributed by atoms with Crippen LogP contribution in [0, 0.1) is 0 Å². The number of hydrogen-bond acceptors (Lipinski definition) is 3. The number of nitrogens with one attached hydrogen (secondary N) is 1. The number of anilines is 2. The molecule has 5 heteroatoms. The van der Waals surface area contributed by atoms with Crippen LogP contribution in [0.5, 0.6) is 0 Å². The van der Waals surface area contributed by atoms with Crippen LogP contribution in [0.25, 0.3) is 0 Å². The fourth-order valence-electron chi connectivity index (χ4n) is 2.39. The summed E-state index contributed by atoms with van der Waals surface area (Å²) in [5, 5.41) is 2.87. The molecule has 0 aliphatic carbocycles. The Labute approximate surface area is 114 Å². The van der Waals surface area contributed by atoms with Crippen LogP contribution in [-0.2, 0) is 0 Å². The fraction of sp³-hybridized carbons (Fsp3) is 0.500. The molecule has 2 rings (SSSR count). The van der Waals surface area contributed by atoms with Crippen molar-refractivity contribution in [1.29, 1.82) is 0 Å². The van der Waals surface area contributed by atoms with Gasteiger partial charge >= 0.3 is 6.03 Å². The Morgan fingerprint density at radius 1 is 1.47 bits per heavy atom. The van der Waals surface area contributed by atoms with Crippen molar-refractivity contribution in [3.63, 3.8) is 0 Å². The van der Waals surface area contributed by atoms with E-state index in [9.17, 15) is 4.79 Å². The summed E-state index contributed by atoms with van der Waals surface area (Å²) in [5.74, 6) is 0. The lowest BCUT2D eigenvalue weighted by Gasteiger charge is -2.26. The van der Waals surface area contributed by atoms with E-state index in [1.807, 2.05) is 19.2 Å². The van der Waals surface area contributed by atoms with Gasteiger partial charge in [0.1, 0.15) is 0 Å². The van der Waals surface area contributed by atoms with Crippen molar-refractivity contribution >= 4 is 17.4 Å². The summed E-state index contributed by atoms with van der Waals surface area (Å²) < 4.78 is 0. The van der Waals surface area contributed by atoms with Gasteiger partial charge in [-0.1, -0.05) is 0 Å². The summed E-state index contributed by atoms with van der Waals surface area (Å²) in [6, 6.07) is 7.57. The van der Waals surface area contributed by atoms with Gasteiger partial charge < -0.3 is 20.9 Å². The Balaban J connectivity index is 1.86. The third kappa shape index (κ3) is 3.61. The molecule has 1 fully saturated rings. The zero-order valence-corrected chi connectivity index (χ0v) is 11.6. The molecule has 5 nitrogen and oxygen atoms in total. The number of nitrogens with two attached hydrogens (primary N) is 1. The maximum absolute atomic E-state index is 12.1. The Bertz CT molecular complexity index is 432. The van der Waals surface area contributed by atoms with Crippen LogP contribution in [0.4, 0.5) is 16.2 Å². The quantitative estimate of drug-likeness (QED) is 0.817. The van der Waals surface area contributed by atoms with E-state index in [0.717, 1.165) is 25.2 Å². The first-order chi connectivity index (χ1) is 9.06. The highest BCUT2D eigenvalue weighted by Crippen LogP contribution is 2.16. The highest BCUT2D eigenvalue weighted by molar-refractivity contribution is 5.89. The summed E-state index contributed by atoms with van der Waals surface area (Å²) in [6.45, 7) is 1.88. The molecule has 0 aromatic heterocycles. The minimum Gasteiger partial charge on any atom is -0.399 e. The molecule has 19 heavy (non-hydrogen) atoms. The van der Waals surface area contributed by atoms with Gasteiger partial charge in [0.2, 0.25) is 0 Å². The molecule has 0 radical (unpaired) electrons. The van der Waals surface area contributed by atoms with Crippen molar-refractivity contribution in [3.8, 4) is 0 Å². The van der Waals surface area contributed by atoms with Gasteiger partial charge in [-0.3, -0.25) is 0 Å². The average molecular weight is 262 g/mol. The number of carbonyl (C=O) groups is 1. The van der Waals surface area contributed by atoms with E-state index in [1.165, 1.54) is 6.42 Å². The molecule has 1 aliphatic rings. The number of amides is 2. The topological polar surface area (TPSA) is 61.6 Å². The zero-order valence-electron chi connectivity index (χ0n) is 11.6. The highest BCUT2D eigenvalue weighted by atomic mass is 16.2. The minimum atomic E-state index is -0.0786. The normalized spacial score (nSPS) is 19.4. The number of hydrogen-bond donors (Lipinski definition) is 2. The largest absolute Gasteiger partial charge is 0.399 e. The Morgan fingerprint density at radius 3 is 2.74 bits per heavy atom. The summed E-state index contributed by atoms with van der Waals surface area (Å²) in [4.78, 5) is 16.1. The first-order valence-corrected chi connectivity index (χ1v) is 6.64. The lowest BCUT2D eigenvalue weighted by molar-refractivity contribution is 0.201. The predicted octanol–water partition coefficient (Wildman–Crippen LogP) is 1.83. The Hall–Kier alpha value is -1.75. The van der Waals surface area contributed by atoms with Gasteiger partial charge in [0, 0.05) is 31.0 Å². The van der Waals surface area contributed by atoms with Crippen LogP contribution in [0.1, 0.15) is 12.8 Å². The molecule has 0 saturated carbocycles. The van der Waals surface area contributed by atoms with E-state index < -0.39 is 0 Å². The summed E-state index contributed by atoms with van der Waals surface area (Å²) in [5.41, 5.74) is 7.08. The predicted molar refractivity (Wildman–Crippen MR) is 78.2 cm³/mol. The molecule has 1 aliphatic heterocycles. The van der Waals surface area contributed by atoms with Gasteiger partial charge in [-0.25, -0.2) is 4.79 Å². The van der Waals surface area contributed by atoms with Gasteiger partial charge in [0.05, 0.1) is 0 Å². The SMILES string of the molecule is CN(CC1CCCN1C)C(=O)Nc1ccc(N)cc1. The van der Waals surface area contributed by atoms with E-state index in [1.54, 1.807) is 17.0 Å². The Morgan fingerprint density at radius 2 is 2.16 bits per heavy atom. The molecule has 1 aromatic rings. The van der Waals surface area contributed by atoms with Crippen LogP contribution in [0.3, 0.4) is 0 Å². The second kappa shape index (κ2) is 5.93. The van der Waals surface area contributed by atoms with E-state index >= 15 is 0 Å². The number of carbonyl (C=O) groups excluding carboxylic acids is 1. The third-order valence-corrected chi connectivity index (χ3v) is 3.66. The van der Waals surface area contributed by atoms with Crippen molar-refractivity contribution in [2.24, 2.45) is 0 Å². The summed E-state index contributed by atoms with van der Waals surface area (Å²) in [7, 11) is 3.95. The van der Waals surface area contributed by atoms with Gasteiger partial charge in [-0.15, -0.1) is 0 Å². The van der Waals surface area contributed by atoms with Crippen molar-refractivity contribution in [3.05, 3.63) is 24.3 Å². The fourth-order valence-corrected chi connectivity index (χ4v) is 2.39. The second-order valence-electron chi connectivity index (χ2n) is 5.21. The highest BCUT2D eigenvalue weighted by Gasteiger charge is 2.23. The molecule has 0 spiro atoms. The first kappa shape index (κ1) is 13.7. The number of rotatable bonds is 3. The van der Waals surface area contributed by atoms with Gasteiger partial charge in [0.15, 0.2) is 0 Å². The lowest BCUT2D eigenvalue weighted by Crippen LogP contribution is -2.41. The van der Waals surface area contributed by atoms with E-state index in [4.69, 9.17) is 5.73 Å². The third-order valence-electron chi connectivity index (χ3n) is 3.66. The monoisotopic (exact) mass is 262 g/mol. The average Bonchev–Trinajstić information content (AvgIpc) is 2.78. The molecule has 1 saturated heterocycles. The lowest BCUT2D eigenvalue weighted by atomic mass is 10.2. The second-order valence-corrected chi connectivity index (χ2v) is 5.21. The molecule has 2 amide bonds.